The van der Waals surface area contributed by atoms with Gasteiger partial charge in [0.1, 0.15) is 18.3 Å². The van der Waals surface area contributed by atoms with Crippen molar-refractivity contribution in [3.63, 3.8) is 0 Å². The maximum Gasteiger partial charge on any atom is 0.327 e. The Morgan fingerprint density at radius 3 is 2.36 bits per heavy atom. The van der Waals surface area contributed by atoms with E-state index in [0.717, 1.165) is 5.56 Å². The highest BCUT2D eigenvalue weighted by Gasteiger charge is 1.97. The number of aromatic amines is 2. The third-order valence-corrected chi connectivity index (χ3v) is 2.26. The molecule has 2 aromatic rings. The molecule has 0 spiro atoms. The summed E-state index contributed by atoms with van der Waals surface area (Å²) in [5, 5.41) is 3.32. The fraction of sp³-hybridized carbons (Fsp3) is 0.357. The van der Waals surface area contributed by atoms with Gasteiger partial charge in [0, 0.05) is 18.8 Å². The monoisotopic (exact) mass is 323 g/mol. The summed E-state index contributed by atoms with van der Waals surface area (Å²) in [5.41, 5.74) is -0.116. The minimum absolute atomic E-state index is 0.355. The number of rotatable bonds is 3. The van der Waals surface area contributed by atoms with E-state index in [2.05, 4.69) is 20.3 Å². The van der Waals surface area contributed by atoms with Crippen molar-refractivity contribution >= 4 is 24.7 Å². The van der Waals surface area contributed by atoms with Gasteiger partial charge < -0.3 is 5.32 Å². The highest BCUT2D eigenvalue weighted by atomic mass is 35.5. The number of nitrogens with zero attached hydrogens (tertiary/aromatic N) is 1. The summed E-state index contributed by atoms with van der Waals surface area (Å²) in [5.74, 6) is 0.355. The van der Waals surface area contributed by atoms with Crippen LogP contribution in [0.25, 0.3) is 0 Å². The smallest absolute Gasteiger partial charge is 0.327 e. The summed E-state index contributed by atoms with van der Waals surface area (Å²) in [6.45, 7) is 8.43. The molecule has 0 aromatic carbocycles. The first-order valence-corrected chi connectivity index (χ1v) is 7.35. The molecule has 22 heavy (non-hydrogen) atoms. The van der Waals surface area contributed by atoms with Crippen LogP contribution in [0.2, 0.25) is 18.8 Å². The van der Waals surface area contributed by atoms with Crippen LogP contribution in [0, 0.1) is 0 Å². The van der Waals surface area contributed by atoms with Crippen LogP contribution in [-0.2, 0) is 6.54 Å². The Labute approximate surface area is 135 Å². The summed E-state index contributed by atoms with van der Waals surface area (Å²) in [6.07, 6.45) is 1.61. The summed E-state index contributed by atoms with van der Waals surface area (Å²) in [6, 6.07) is 4.73. The quantitative estimate of drug-likeness (QED) is 0.598. The molecule has 6 nitrogen and oxygen atoms in total. The third-order valence-electron chi connectivity index (χ3n) is 2.03. The van der Waals surface area contributed by atoms with Crippen molar-refractivity contribution < 1.29 is 0 Å². The normalized spacial score (nSPS) is 8.77. The Kier molecular flexibility index (Phi) is 10.6. The third kappa shape index (κ3) is 8.31. The lowest BCUT2D eigenvalue weighted by atomic mass is 9.88. The Morgan fingerprint density at radius 1 is 1.23 bits per heavy atom. The predicted molar refractivity (Wildman–Crippen MR) is 93.1 cm³/mol. The molecule has 0 fully saturated rings. The van der Waals surface area contributed by atoms with Gasteiger partial charge in [-0.05, 0) is 11.6 Å². The number of pyridine rings is 1. The van der Waals surface area contributed by atoms with E-state index in [9.17, 15) is 9.59 Å². The molecule has 0 amide bonds. The standard InChI is InChI=1S/C10H9ClN4O2.C2H6B.C2H6/c11-7-2-1-6(4-12-7)5-13-8-3-9(16)15-10(17)14-8;1-3-2;1-2/h1-4H,5H2,(H3,13,14,15,16,17);1-2H3;1-2H3. The second-order valence-electron chi connectivity index (χ2n) is 3.92. The van der Waals surface area contributed by atoms with Gasteiger partial charge in [-0.15, -0.1) is 0 Å². The molecule has 0 bridgehead atoms. The van der Waals surface area contributed by atoms with Crippen LogP contribution >= 0.6 is 11.6 Å². The van der Waals surface area contributed by atoms with Gasteiger partial charge in [-0.25, -0.2) is 9.78 Å². The first-order valence-electron chi connectivity index (χ1n) is 6.97. The van der Waals surface area contributed by atoms with Crippen molar-refractivity contribution in [2.24, 2.45) is 0 Å². The zero-order valence-electron chi connectivity index (χ0n) is 13.2. The van der Waals surface area contributed by atoms with Crippen molar-refractivity contribution in [2.45, 2.75) is 34.0 Å². The molecule has 0 atom stereocenters. The van der Waals surface area contributed by atoms with Gasteiger partial charge in [0.2, 0.25) is 0 Å². The molecule has 0 unspecified atom stereocenters. The van der Waals surface area contributed by atoms with Crippen LogP contribution in [0.15, 0.2) is 34.0 Å². The lowest BCUT2D eigenvalue weighted by Crippen LogP contribution is -2.22. The van der Waals surface area contributed by atoms with Gasteiger partial charge in [0.15, 0.2) is 0 Å². The van der Waals surface area contributed by atoms with Gasteiger partial charge in [0.25, 0.3) is 5.56 Å². The SMILES string of the molecule is CC.C[B]C.O=c1cc(NCc2ccc(Cl)nc2)[nH]c(=O)[nH]1. The summed E-state index contributed by atoms with van der Waals surface area (Å²) in [4.78, 5) is 30.5. The second kappa shape index (κ2) is 11.6. The molecule has 2 heterocycles. The highest BCUT2D eigenvalue weighted by Crippen LogP contribution is 2.06. The Hall–Kier alpha value is -2.02. The minimum Gasteiger partial charge on any atom is -0.367 e. The lowest BCUT2D eigenvalue weighted by molar-refractivity contribution is 1.00. The maximum atomic E-state index is 11.0. The fourth-order valence-electron chi connectivity index (χ4n) is 1.27. The average molecular weight is 324 g/mol. The molecule has 0 saturated carbocycles. The summed E-state index contributed by atoms with van der Waals surface area (Å²) >= 11 is 5.65. The first-order chi connectivity index (χ1) is 10.5. The van der Waals surface area contributed by atoms with Crippen molar-refractivity contribution in [3.05, 3.63) is 56.0 Å². The van der Waals surface area contributed by atoms with Crippen LogP contribution in [0.1, 0.15) is 19.4 Å². The number of H-pyrrole nitrogens is 2. The maximum absolute atomic E-state index is 11.0. The molecule has 8 heteroatoms. The van der Waals surface area contributed by atoms with E-state index < -0.39 is 11.2 Å². The second-order valence-corrected chi connectivity index (χ2v) is 4.31. The van der Waals surface area contributed by atoms with E-state index in [1.807, 2.05) is 34.8 Å². The summed E-state index contributed by atoms with van der Waals surface area (Å²) < 4.78 is 0. The number of hydrogen-bond donors (Lipinski definition) is 3. The highest BCUT2D eigenvalue weighted by molar-refractivity contribution is 6.31. The number of halogens is 1. The molecule has 2 aromatic heterocycles. The molecule has 0 aliphatic carbocycles. The van der Waals surface area contributed by atoms with Crippen molar-refractivity contribution in [3.8, 4) is 0 Å². The average Bonchev–Trinajstić information content (AvgIpc) is 2.49. The van der Waals surface area contributed by atoms with Gasteiger partial charge in [-0.3, -0.25) is 14.8 Å². The number of anilines is 1. The van der Waals surface area contributed by atoms with E-state index in [-0.39, 0.29) is 0 Å². The number of hydrogen-bond acceptors (Lipinski definition) is 4. The molecular formula is C14H21BClN4O2. The van der Waals surface area contributed by atoms with Crippen LogP contribution in [0.5, 0.6) is 0 Å². The number of aromatic nitrogens is 3. The van der Waals surface area contributed by atoms with Crippen LogP contribution in [0.4, 0.5) is 5.82 Å². The Balaban J connectivity index is 0.000000789. The minimum atomic E-state index is -0.547. The molecule has 119 valence electrons. The van der Waals surface area contributed by atoms with E-state index >= 15 is 0 Å². The van der Waals surface area contributed by atoms with Crippen molar-refractivity contribution in [1.82, 2.24) is 15.0 Å². The van der Waals surface area contributed by atoms with E-state index in [1.54, 1.807) is 18.3 Å². The van der Waals surface area contributed by atoms with Gasteiger partial charge in [-0.1, -0.05) is 45.2 Å². The van der Waals surface area contributed by atoms with Crippen LogP contribution < -0.4 is 16.6 Å². The molecule has 2 rings (SSSR count). The van der Waals surface area contributed by atoms with Crippen LogP contribution in [0.3, 0.4) is 0 Å². The molecule has 0 aliphatic heterocycles. The van der Waals surface area contributed by atoms with Gasteiger partial charge in [-0.2, -0.15) is 0 Å². The Morgan fingerprint density at radius 2 is 1.86 bits per heavy atom. The lowest BCUT2D eigenvalue weighted by Gasteiger charge is -2.04. The summed E-state index contributed by atoms with van der Waals surface area (Å²) in [7, 11) is 2.00. The largest absolute Gasteiger partial charge is 0.367 e. The zero-order valence-corrected chi connectivity index (χ0v) is 14.0. The molecule has 1 radical (unpaired) electrons. The molecule has 3 N–H and O–H groups in total. The van der Waals surface area contributed by atoms with E-state index in [0.29, 0.717) is 17.5 Å². The topological polar surface area (TPSA) is 90.6 Å². The van der Waals surface area contributed by atoms with E-state index in [4.69, 9.17) is 11.6 Å². The molecule has 0 saturated heterocycles. The first kappa shape index (κ1) is 20.0. The van der Waals surface area contributed by atoms with Gasteiger partial charge in [0.05, 0.1) is 0 Å². The molecule has 0 aliphatic rings. The van der Waals surface area contributed by atoms with Crippen molar-refractivity contribution in [1.29, 1.82) is 0 Å². The van der Waals surface area contributed by atoms with Gasteiger partial charge >= 0.3 is 5.69 Å². The van der Waals surface area contributed by atoms with Crippen molar-refractivity contribution in [2.75, 3.05) is 5.32 Å². The van der Waals surface area contributed by atoms with Crippen LogP contribution in [-0.4, -0.2) is 22.2 Å². The fourth-order valence-corrected chi connectivity index (χ4v) is 1.38. The predicted octanol–water partition coefficient (Wildman–Crippen LogP) is 2.54. The van der Waals surface area contributed by atoms with E-state index in [1.165, 1.54) is 6.07 Å². The number of nitrogens with one attached hydrogen (secondary N) is 3. The molecular weight excluding hydrogens is 302 g/mol. The Bertz CT molecular complexity index is 612. The zero-order chi connectivity index (χ0) is 17.0.